The third-order valence-corrected chi connectivity index (χ3v) is 5.13. The first kappa shape index (κ1) is 19.0. The average Bonchev–Trinajstić information content (AvgIpc) is 2.72. The molecule has 3 rings (SSSR count). The Kier molecular flexibility index (Phi) is 6.49. The van der Waals surface area contributed by atoms with Crippen molar-refractivity contribution in [1.29, 1.82) is 0 Å². The van der Waals surface area contributed by atoms with Crippen LogP contribution >= 0.6 is 11.8 Å². The second-order valence-electron chi connectivity index (χ2n) is 5.90. The Bertz CT molecular complexity index is 884. The molecule has 0 radical (unpaired) electrons. The van der Waals surface area contributed by atoms with Gasteiger partial charge in [0.25, 0.3) is 0 Å². The molecule has 0 fully saturated rings. The minimum atomic E-state index is -0.315. The van der Waals surface area contributed by atoms with E-state index in [2.05, 4.69) is 5.32 Å². The minimum Gasteiger partial charge on any atom is -0.497 e. The van der Waals surface area contributed by atoms with Gasteiger partial charge in [0, 0.05) is 4.90 Å². The topological polar surface area (TPSA) is 38.3 Å². The summed E-state index contributed by atoms with van der Waals surface area (Å²) in [7, 11) is 1.62. The van der Waals surface area contributed by atoms with Crippen LogP contribution in [0.4, 0.5) is 4.39 Å². The van der Waals surface area contributed by atoms with Crippen LogP contribution in [-0.4, -0.2) is 18.8 Å². The Morgan fingerprint density at radius 2 is 1.59 bits per heavy atom. The molecule has 1 N–H and O–H groups in total. The minimum absolute atomic E-state index is 0.139. The molecule has 138 valence electrons. The lowest BCUT2D eigenvalue weighted by Gasteiger charge is -2.20. The SMILES string of the molecule is COc1ccc(C(NC(=O)CSc2ccccc2F)c2ccccc2)cc1. The monoisotopic (exact) mass is 381 g/mol. The summed E-state index contributed by atoms with van der Waals surface area (Å²) in [6, 6.07) is 23.5. The number of hydrogen-bond donors (Lipinski definition) is 1. The largest absolute Gasteiger partial charge is 0.497 e. The summed E-state index contributed by atoms with van der Waals surface area (Å²) in [6.45, 7) is 0. The van der Waals surface area contributed by atoms with Crippen molar-refractivity contribution in [3.63, 3.8) is 0 Å². The van der Waals surface area contributed by atoms with E-state index in [9.17, 15) is 9.18 Å². The molecule has 0 saturated carbocycles. The second kappa shape index (κ2) is 9.24. The van der Waals surface area contributed by atoms with Crippen LogP contribution in [0.15, 0.2) is 83.8 Å². The molecule has 0 saturated heterocycles. The van der Waals surface area contributed by atoms with Gasteiger partial charge in [0.1, 0.15) is 11.6 Å². The maximum atomic E-state index is 13.7. The molecular weight excluding hydrogens is 361 g/mol. The highest BCUT2D eigenvalue weighted by molar-refractivity contribution is 8.00. The number of carbonyl (C=O) groups is 1. The fourth-order valence-electron chi connectivity index (χ4n) is 2.71. The number of rotatable bonds is 7. The van der Waals surface area contributed by atoms with Gasteiger partial charge < -0.3 is 10.1 Å². The summed E-state index contributed by atoms with van der Waals surface area (Å²) in [5.41, 5.74) is 1.93. The molecule has 0 aliphatic heterocycles. The van der Waals surface area contributed by atoms with Crippen LogP contribution in [0.25, 0.3) is 0 Å². The van der Waals surface area contributed by atoms with Crippen LogP contribution in [0.2, 0.25) is 0 Å². The number of carbonyl (C=O) groups excluding carboxylic acids is 1. The Morgan fingerprint density at radius 1 is 0.963 bits per heavy atom. The molecule has 3 aromatic carbocycles. The Morgan fingerprint density at radius 3 is 2.26 bits per heavy atom. The first-order valence-electron chi connectivity index (χ1n) is 8.53. The number of thioether (sulfide) groups is 1. The maximum absolute atomic E-state index is 13.7. The summed E-state index contributed by atoms with van der Waals surface area (Å²) < 4.78 is 18.9. The molecule has 5 heteroatoms. The van der Waals surface area contributed by atoms with Gasteiger partial charge in [-0.05, 0) is 35.4 Å². The van der Waals surface area contributed by atoms with E-state index in [1.54, 1.807) is 25.3 Å². The zero-order chi connectivity index (χ0) is 19.1. The lowest BCUT2D eigenvalue weighted by atomic mass is 9.98. The van der Waals surface area contributed by atoms with Crippen molar-refractivity contribution in [3.05, 3.63) is 95.8 Å². The molecule has 3 nitrogen and oxygen atoms in total. The lowest BCUT2D eigenvalue weighted by molar-refractivity contribution is -0.119. The highest BCUT2D eigenvalue weighted by atomic mass is 32.2. The molecule has 0 heterocycles. The number of ether oxygens (including phenoxy) is 1. The summed E-state index contributed by atoms with van der Waals surface area (Å²) in [4.78, 5) is 13.0. The van der Waals surface area contributed by atoms with Crippen molar-refractivity contribution in [2.45, 2.75) is 10.9 Å². The molecule has 0 aromatic heterocycles. The number of methoxy groups -OCH3 is 1. The predicted octanol–water partition coefficient (Wildman–Crippen LogP) is 4.83. The van der Waals surface area contributed by atoms with Crippen molar-refractivity contribution in [1.82, 2.24) is 5.32 Å². The van der Waals surface area contributed by atoms with Crippen molar-refractivity contribution < 1.29 is 13.9 Å². The van der Waals surface area contributed by atoms with Gasteiger partial charge in [-0.3, -0.25) is 4.79 Å². The van der Waals surface area contributed by atoms with E-state index in [0.29, 0.717) is 4.90 Å². The van der Waals surface area contributed by atoms with Gasteiger partial charge in [0.05, 0.1) is 18.9 Å². The number of hydrogen-bond acceptors (Lipinski definition) is 3. The molecule has 1 atom stereocenters. The zero-order valence-electron chi connectivity index (χ0n) is 14.9. The first-order valence-corrected chi connectivity index (χ1v) is 9.51. The summed E-state index contributed by atoms with van der Waals surface area (Å²) in [6.07, 6.45) is 0. The molecule has 0 aliphatic carbocycles. The normalized spacial score (nSPS) is 11.6. The third kappa shape index (κ3) is 5.11. The van der Waals surface area contributed by atoms with E-state index < -0.39 is 0 Å². The summed E-state index contributed by atoms with van der Waals surface area (Å²) in [5, 5.41) is 3.05. The van der Waals surface area contributed by atoms with Gasteiger partial charge in [0.2, 0.25) is 5.91 Å². The number of benzene rings is 3. The second-order valence-corrected chi connectivity index (χ2v) is 6.92. The van der Waals surface area contributed by atoms with Gasteiger partial charge in [0.15, 0.2) is 0 Å². The standard InChI is InChI=1S/C22H20FNO2S/c1-26-18-13-11-17(12-14-18)22(16-7-3-2-4-8-16)24-21(25)15-27-20-10-6-5-9-19(20)23/h2-14,22H,15H2,1H3,(H,24,25). The zero-order valence-corrected chi connectivity index (χ0v) is 15.7. The highest BCUT2D eigenvalue weighted by Gasteiger charge is 2.17. The molecule has 0 bridgehead atoms. The van der Waals surface area contributed by atoms with Crippen molar-refractivity contribution in [2.24, 2.45) is 0 Å². The molecule has 1 amide bonds. The van der Waals surface area contributed by atoms with E-state index >= 15 is 0 Å². The number of amides is 1. The highest BCUT2D eigenvalue weighted by Crippen LogP contribution is 2.25. The number of halogens is 1. The summed E-state index contributed by atoms with van der Waals surface area (Å²) >= 11 is 1.19. The van der Waals surface area contributed by atoms with E-state index in [0.717, 1.165) is 16.9 Å². The van der Waals surface area contributed by atoms with E-state index in [-0.39, 0.29) is 23.5 Å². The number of nitrogens with one attached hydrogen (secondary N) is 1. The molecule has 27 heavy (non-hydrogen) atoms. The van der Waals surface area contributed by atoms with Crippen molar-refractivity contribution in [3.8, 4) is 5.75 Å². The molecule has 1 unspecified atom stereocenters. The van der Waals surface area contributed by atoms with Gasteiger partial charge >= 0.3 is 0 Å². The fourth-order valence-corrected chi connectivity index (χ4v) is 3.46. The van der Waals surface area contributed by atoms with Gasteiger partial charge in [-0.15, -0.1) is 11.8 Å². The molecule has 3 aromatic rings. The Balaban J connectivity index is 1.74. The van der Waals surface area contributed by atoms with Crippen LogP contribution < -0.4 is 10.1 Å². The lowest BCUT2D eigenvalue weighted by Crippen LogP contribution is -2.30. The summed E-state index contributed by atoms with van der Waals surface area (Å²) in [5.74, 6) is 0.422. The molecule has 0 aliphatic rings. The van der Waals surface area contributed by atoms with E-state index in [1.807, 2.05) is 54.6 Å². The van der Waals surface area contributed by atoms with Crippen LogP contribution in [0, 0.1) is 5.82 Å². The van der Waals surface area contributed by atoms with Crippen molar-refractivity contribution in [2.75, 3.05) is 12.9 Å². The third-order valence-electron chi connectivity index (χ3n) is 4.08. The Hall–Kier alpha value is -2.79. The van der Waals surface area contributed by atoms with Gasteiger partial charge in [-0.1, -0.05) is 54.6 Å². The van der Waals surface area contributed by atoms with Crippen LogP contribution in [0.1, 0.15) is 17.2 Å². The average molecular weight is 381 g/mol. The fraction of sp³-hybridized carbons (Fsp3) is 0.136. The molecule has 0 spiro atoms. The first-order chi connectivity index (χ1) is 13.2. The van der Waals surface area contributed by atoms with Crippen LogP contribution in [0.3, 0.4) is 0 Å². The van der Waals surface area contributed by atoms with Gasteiger partial charge in [-0.25, -0.2) is 4.39 Å². The predicted molar refractivity (Wildman–Crippen MR) is 107 cm³/mol. The van der Waals surface area contributed by atoms with Crippen molar-refractivity contribution >= 4 is 17.7 Å². The van der Waals surface area contributed by atoms with Crippen LogP contribution in [-0.2, 0) is 4.79 Å². The van der Waals surface area contributed by atoms with E-state index in [1.165, 1.54) is 17.8 Å². The Labute approximate surface area is 162 Å². The molecular formula is C22H20FNO2S. The maximum Gasteiger partial charge on any atom is 0.231 e. The quantitative estimate of drug-likeness (QED) is 0.596. The van der Waals surface area contributed by atoms with E-state index in [4.69, 9.17) is 4.74 Å². The van der Waals surface area contributed by atoms with Crippen LogP contribution in [0.5, 0.6) is 5.75 Å². The smallest absolute Gasteiger partial charge is 0.231 e. The van der Waals surface area contributed by atoms with Gasteiger partial charge in [-0.2, -0.15) is 0 Å².